The molecule has 186 valence electrons. The smallest absolute Gasteiger partial charge is 0.395 e. The van der Waals surface area contributed by atoms with Gasteiger partial charge >= 0.3 is 11.2 Å². The molecule has 0 aliphatic carbocycles. The number of carbonyl (C=O) groups is 1. The Kier molecular flexibility index (Phi) is 7.91. The number of hydrogen-bond acceptors (Lipinski definition) is 10. The second kappa shape index (κ2) is 11.2. The number of carbonyl (C=O) groups excluding carboxylic acids is 1. The monoisotopic (exact) mass is 497 g/mol. The summed E-state index contributed by atoms with van der Waals surface area (Å²) in [4.78, 5) is 49.8. The maximum Gasteiger partial charge on any atom is 0.395 e. The molecule has 0 atom stereocenters. The van der Waals surface area contributed by atoms with Crippen molar-refractivity contribution in [2.24, 2.45) is 0 Å². The molecule has 0 radical (unpaired) electrons. The van der Waals surface area contributed by atoms with Crippen molar-refractivity contribution < 1.29 is 29.2 Å². The number of anilines is 1. The van der Waals surface area contributed by atoms with E-state index in [1.165, 1.54) is 42.5 Å². The molecule has 36 heavy (non-hydrogen) atoms. The average Bonchev–Trinajstić information content (AvgIpc) is 2.82. The summed E-state index contributed by atoms with van der Waals surface area (Å²) in [5, 5.41) is 33.8. The van der Waals surface area contributed by atoms with Crippen molar-refractivity contribution in [2.45, 2.75) is 6.92 Å². The zero-order chi connectivity index (χ0) is 26.2. The topological polar surface area (TPSA) is 200 Å². The van der Waals surface area contributed by atoms with E-state index in [1.807, 2.05) is 0 Å². The van der Waals surface area contributed by atoms with Crippen molar-refractivity contribution in [3.63, 3.8) is 0 Å². The van der Waals surface area contributed by atoms with Crippen LogP contribution in [0.5, 0.6) is 17.4 Å². The highest BCUT2D eigenvalue weighted by Crippen LogP contribution is 2.29. The lowest BCUT2D eigenvalue weighted by Crippen LogP contribution is -2.20. The fraction of sp³-hybridized carbons (Fsp3) is 0.136. The zero-order valence-corrected chi connectivity index (χ0v) is 18.7. The summed E-state index contributed by atoms with van der Waals surface area (Å²) < 4.78 is 11.1. The number of amides is 1. The predicted octanol–water partition coefficient (Wildman–Crippen LogP) is 2.88. The number of nitrogens with one attached hydrogen (secondary N) is 2. The molecule has 0 unspecified atom stereocenters. The van der Waals surface area contributed by atoms with E-state index >= 15 is 0 Å². The number of hydrogen-bond donors (Lipinski definition) is 3. The Labute approximate surface area is 202 Å². The summed E-state index contributed by atoms with van der Waals surface area (Å²) in [6, 6.07) is 10.2. The number of aromatic amines is 1. The highest BCUT2D eigenvalue weighted by molar-refractivity contribution is 5.92. The van der Waals surface area contributed by atoms with Gasteiger partial charge in [-0.25, -0.2) is 0 Å². The normalized spacial score (nSPS) is 10.7. The summed E-state index contributed by atoms with van der Waals surface area (Å²) in [6.45, 7) is 1.63. The maximum atomic E-state index is 12.2. The van der Waals surface area contributed by atoms with E-state index in [4.69, 9.17) is 9.47 Å². The molecule has 0 spiro atoms. The number of nitro benzene ring substituents is 1. The van der Waals surface area contributed by atoms with Gasteiger partial charge in [0.1, 0.15) is 5.82 Å². The molecule has 2 aromatic carbocycles. The van der Waals surface area contributed by atoms with Gasteiger partial charge < -0.3 is 24.9 Å². The SMILES string of the molecule is CCOc1cc(/C=C/c2nc(O)c([N+](=O)[O-])c(=O)[nH]2)ccc1OCC(=O)Nc1cccc([N+](=O)[O-])c1. The Bertz CT molecular complexity index is 1400. The van der Waals surface area contributed by atoms with Crippen LogP contribution >= 0.6 is 0 Å². The minimum absolute atomic E-state index is 0.112. The lowest BCUT2D eigenvalue weighted by Gasteiger charge is -2.13. The molecule has 0 aliphatic heterocycles. The van der Waals surface area contributed by atoms with Crippen molar-refractivity contribution >= 4 is 35.1 Å². The minimum Gasteiger partial charge on any atom is -0.490 e. The van der Waals surface area contributed by atoms with E-state index in [0.717, 1.165) is 0 Å². The molecule has 14 nitrogen and oxygen atoms in total. The van der Waals surface area contributed by atoms with Gasteiger partial charge in [-0.1, -0.05) is 18.2 Å². The van der Waals surface area contributed by atoms with E-state index in [-0.39, 0.29) is 29.6 Å². The second-order valence-electron chi connectivity index (χ2n) is 7.00. The van der Waals surface area contributed by atoms with Crippen molar-refractivity contribution in [1.29, 1.82) is 0 Å². The van der Waals surface area contributed by atoms with Gasteiger partial charge in [-0.2, -0.15) is 4.98 Å². The van der Waals surface area contributed by atoms with Gasteiger partial charge in [0.25, 0.3) is 17.5 Å². The fourth-order valence-corrected chi connectivity index (χ4v) is 2.94. The lowest BCUT2D eigenvalue weighted by atomic mass is 10.2. The van der Waals surface area contributed by atoms with Crippen LogP contribution in [-0.2, 0) is 4.79 Å². The van der Waals surface area contributed by atoms with Crippen LogP contribution in [0.3, 0.4) is 0 Å². The Hall–Kier alpha value is -5.27. The lowest BCUT2D eigenvalue weighted by molar-refractivity contribution is -0.387. The Morgan fingerprint density at radius 3 is 2.56 bits per heavy atom. The molecule has 3 N–H and O–H groups in total. The molecular formula is C22H19N5O9. The van der Waals surface area contributed by atoms with Crippen LogP contribution in [0.4, 0.5) is 17.1 Å². The van der Waals surface area contributed by atoms with Gasteiger partial charge in [-0.15, -0.1) is 0 Å². The van der Waals surface area contributed by atoms with Crippen LogP contribution in [0, 0.1) is 20.2 Å². The molecule has 1 amide bonds. The summed E-state index contributed by atoms with van der Waals surface area (Å²) in [6.07, 6.45) is 2.83. The summed E-state index contributed by atoms with van der Waals surface area (Å²) in [5.41, 5.74) is -1.52. The average molecular weight is 497 g/mol. The summed E-state index contributed by atoms with van der Waals surface area (Å²) >= 11 is 0. The highest BCUT2D eigenvalue weighted by atomic mass is 16.6. The number of nitrogens with zero attached hydrogens (tertiary/aromatic N) is 3. The molecule has 0 saturated heterocycles. The van der Waals surface area contributed by atoms with Gasteiger partial charge in [0.15, 0.2) is 18.1 Å². The molecule has 0 bridgehead atoms. The highest BCUT2D eigenvalue weighted by Gasteiger charge is 2.21. The number of aromatic hydroxyl groups is 1. The summed E-state index contributed by atoms with van der Waals surface area (Å²) in [7, 11) is 0. The third kappa shape index (κ3) is 6.40. The first-order valence-electron chi connectivity index (χ1n) is 10.3. The van der Waals surface area contributed by atoms with E-state index in [0.29, 0.717) is 11.3 Å². The Morgan fingerprint density at radius 1 is 1.11 bits per heavy atom. The number of nitro groups is 2. The molecule has 1 aromatic heterocycles. The molecule has 0 aliphatic rings. The van der Waals surface area contributed by atoms with Gasteiger partial charge in [-0.3, -0.25) is 29.8 Å². The van der Waals surface area contributed by atoms with Gasteiger partial charge in [-0.05, 0) is 36.8 Å². The first kappa shape index (κ1) is 25.4. The third-order valence-electron chi connectivity index (χ3n) is 4.48. The molecule has 1 heterocycles. The fourth-order valence-electron chi connectivity index (χ4n) is 2.94. The van der Waals surface area contributed by atoms with Crippen LogP contribution in [0.2, 0.25) is 0 Å². The van der Waals surface area contributed by atoms with E-state index < -0.39 is 39.5 Å². The Balaban J connectivity index is 1.71. The second-order valence-corrected chi connectivity index (χ2v) is 7.00. The first-order chi connectivity index (χ1) is 17.2. The van der Waals surface area contributed by atoms with Crippen LogP contribution < -0.4 is 20.3 Å². The zero-order valence-electron chi connectivity index (χ0n) is 18.7. The molecule has 0 fully saturated rings. The first-order valence-corrected chi connectivity index (χ1v) is 10.3. The van der Waals surface area contributed by atoms with Crippen LogP contribution in [0.25, 0.3) is 12.2 Å². The van der Waals surface area contributed by atoms with Crippen LogP contribution in [-0.4, -0.2) is 44.0 Å². The van der Waals surface area contributed by atoms with Gasteiger partial charge in [0.2, 0.25) is 0 Å². The molecule has 0 saturated carbocycles. The van der Waals surface area contributed by atoms with Crippen LogP contribution in [0.15, 0.2) is 47.3 Å². The molecular weight excluding hydrogens is 478 g/mol. The van der Waals surface area contributed by atoms with Gasteiger partial charge in [0.05, 0.1) is 16.5 Å². The van der Waals surface area contributed by atoms with E-state index in [1.54, 1.807) is 19.1 Å². The van der Waals surface area contributed by atoms with Crippen LogP contribution in [0.1, 0.15) is 18.3 Å². The molecule has 3 rings (SSSR count). The predicted molar refractivity (Wildman–Crippen MR) is 127 cm³/mol. The standard InChI is InChI=1S/C22H19N5O9/c1-2-35-17-10-13(7-9-18-24-21(29)20(27(33)34)22(30)25-18)6-8-16(17)36-12-19(28)23-14-4-3-5-15(11-14)26(31)32/h3-11H,2,12H2,1H3,(H,23,28)(H2,24,25,29,30)/b9-7+. The van der Waals surface area contributed by atoms with E-state index in [9.17, 15) is 34.9 Å². The molecule has 3 aromatic rings. The minimum atomic E-state index is -1.10. The largest absolute Gasteiger partial charge is 0.490 e. The van der Waals surface area contributed by atoms with E-state index in [2.05, 4.69) is 15.3 Å². The van der Waals surface area contributed by atoms with Gasteiger partial charge in [0, 0.05) is 17.8 Å². The van der Waals surface area contributed by atoms with Crippen molar-refractivity contribution in [2.75, 3.05) is 18.5 Å². The Morgan fingerprint density at radius 2 is 1.89 bits per heavy atom. The quantitative estimate of drug-likeness (QED) is 0.276. The number of benzene rings is 2. The number of ether oxygens (including phenoxy) is 2. The van der Waals surface area contributed by atoms with Crippen molar-refractivity contribution in [3.05, 3.63) is 84.4 Å². The number of non-ortho nitro benzene ring substituents is 1. The molecule has 14 heteroatoms. The number of H-pyrrole nitrogens is 1. The number of aromatic nitrogens is 2. The third-order valence-corrected chi connectivity index (χ3v) is 4.48. The van der Waals surface area contributed by atoms with Crippen molar-refractivity contribution in [3.8, 4) is 17.4 Å². The number of rotatable bonds is 10. The van der Waals surface area contributed by atoms with Crippen molar-refractivity contribution in [1.82, 2.24) is 9.97 Å². The maximum absolute atomic E-state index is 12.2. The summed E-state index contributed by atoms with van der Waals surface area (Å²) in [5.74, 6) is -1.11.